The molecule has 0 heterocycles. The average molecular weight is 270 g/mol. The van der Waals surface area contributed by atoms with Gasteiger partial charge < -0.3 is 5.32 Å². The minimum absolute atomic E-state index is 0.257. The Hall–Kier alpha value is -2.66. The van der Waals surface area contributed by atoms with Crippen LogP contribution in [0.25, 0.3) is 0 Å². The fourth-order valence-electron chi connectivity index (χ4n) is 1.71. The summed E-state index contributed by atoms with van der Waals surface area (Å²) in [6.45, 7) is 0. The van der Waals surface area contributed by atoms with Crippen LogP contribution in [0.2, 0.25) is 0 Å². The van der Waals surface area contributed by atoms with Gasteiger partial charge in [-0.05, 0) is 30.3 Å². The summed E-state index contributed by atoms with van der Waals surface area (Å²) in [6.07, 6.45) is 0. The Morgan fingerprint density at radius 1 is 1.00 bits per heavy atom. The van der Waals surface area contributed by atoms with E-state index in [9.17, 15) is 9.59 Å². The van der Waals surface area contributed by atoms with Crippen molar-refractivity contribution in [3.63, 3.8) is 0 Å². The van der Waals surface area contributed by atoms with Gasteiger partial charge in [-0.1, -0.05) is 24.3 Å². The van der Waals surface area contributed by atoms with Crippen molar-refractivity contribution in [1.29, 1.82) is 0 Å². The van der Waals surface area contributed by atoms with Crippen molar-refractivity contribution in [2.75, 3.05) is 12.4 Å². The van der Waals surface area contributed by atoms with Crippen LogP contribution in [-0.2, 0) is 0 Å². The van der Waals surface area contributed by atoms with Gasteiger partial charge in [0.15, 0.2) is 0 Å². The van der Waals surface area contributed by atoms with E-state index in [0.29, 0.717) is 21.9 Å². The second-order valence-electron chi connectivity index (χ2n) is 4.23. The summed E-state index contributed by atoms with van der Waals surface area (Å²) in [5, 5.41) is 12.3. The van der Waals surface area contributed by atoms with Crippen molar-refractivity contribution in [2.24, 2.45) is 0 Å². The molecule has 2 aromatic rings. The molecule has 2 amide bonds. The third-order valence-corrected chi connectivity index (χ3v) is 2.70. The molecule has 0 atom stereocenters. The molecule has 0 bridgehead atoms. The summed E-state index contributed by atoms with van der Waals surface area (Å²) in [5.41, 5.74) is 1.32. The van der Waals surface area contributed by atoms with E-state index in [0.717, 1.165) is 0 Å². The maximum absolute atomic E-state index is 12.0. The lowest BCUT2D eigenvalue weighted by atomic mass is 10.1. The largest absolute Gasteiger partial charge is 0.322 e. The highest BCUT2D eigenvalue weighted by molar-refractivity contribution is 6.05. The lowest BCUT2D eigenvalue weighted by Gasteiger charge is -2.10. The molecule has 0 aliphatic carbocycles. The third-order valence-electron chi connectivity index (χ3n) is 2.70. The number of anilines is 1. The molecule has 0 saturated heterocycles. The van der Waals surface area contributed by atoms with Crippen LogP contribution in [0.5, 0.6) is 0 Å². The first kappa shape index (κ1) is 13.8. The highest BCUT2D eigenvalue weighted by atomic mass is 16.5. The van der Waals surface area contributed by atoms with E-state index in [1.807, 2.05) is 6.07 Å². The summed E-state index contributed by atoms with van der Waals surface area (Å²) in [6, 6.07) is 15.2. The number of hydrogen-bond acceptors (Lipinski definition) is 3. The van der Waals surface area contributed by atoms with Crippen molar-refractivity contribution < 1.29 is 14.8 Å². The van der Waals surface area contributed by atoms with E-state index in [4.69, 9.17) is 5.21 Å². The molecule has 102 valence electrons. The van der Waals surface area contributed by atoms with Crippen LogP contribution < -0.4 is 5.32 Å². The molecule has 0 saturated carbocycles. The summed E-state index contributed by atoms with van der Waals surface area (Å²) >= 11 is 0. The van der Waals surface area contributed by atoms with Crippen LogP contribution in [0, 0.1) is 0 Å². The van der Waals surface area contributed by atoms with Crippen molar-refractivity contribution >= 4 is 17.5 Å². The molecular formula is C15H14N2O3. The number of nitrogens with zero attached hydrogens (tertiary/aromatic N) is 1. The van der Waals surface area contributed by atoms with Crippen LogP contribution in [0.1, 0.15) is 20.7 Å². The molecule has 0 aliphatic heterocycles. The highest BCUT2D eigenvalue weighted by Crippen LogP contribution is 2.13. The van der Waals surface area contributed by atoms with Gasteiger partial charge in [-0.2, -0.15) is 0 Å². The average Bonchev–Trinajstić information content (AvgIpc) is 2.47. The third kappa shape index (κ3) is 3.21. The molecule has 2 N–H and O–H groups in total. The van der Waals surface area contributed by atoms with Crippen LogP contribution in [-0.4, -0.2) is 29.1 Å². The molecule has 0 aromatic heterocycles. The van der Waals surface area contributed by atoms with E-state index < -0.39 is 5.91 Å². The van der Waals surface area contributed by atoms with Crippen molar-refractivity contribution in [3.05, 3.63) is 65.7 Å². The smallest absolute Gasteiger partial charge is 0.277 e. The number of amides is 2. The minimum atomic E-state index is -0.541. The minimum Gasteiger partial charge on any atom is -0.322 e. The maximum atomic E-state index is 12.0. The van der Waals surface area contributed by atoms with Gasteiger partial charge in [-0.15, -0.1) is 0 Å². The lowest BCUT2D eigenvalue weighted by Crippen LogP contribution is -2.22. The van der Waals surface area contributed by atoms with Gasteiger partial charge in [0.1, 0.15) is 0 Å². The second kappa shape index (κ2) is 5.99. The predicted octanol–water partition coefficient (Wildman–Crippen LogP) is 2.40. The Bertz CT molecular complexity index is 624. The van der Waals surface area contributed by atoms with E-state index in [1.54, 1.807) is 42.5 Å². The van der Waals surface area contributed by atoms with E-state index in [1.165, 1.54) is 13.1 Å². The Kier molecular flexibility index (Phi) is 4.12. The van der Waals surface area contributed by atoms with Gasteiger partial charge in [-0.25, -0.2) is 5.06 Å². The number of carbonyl (C=O) groups excluding carboxylic acids is 2. The van der Waals surface area contributed by atoms with E-state index in [2.05, 4.69) is 5.32 Å². The quantitative estimate of drug-likeness (QED) is 0.664. The van der Waals surface area contributed by atoms with Gasteiger partial charge >= 0.3 is 0 Å². The highest BCUT2D eigenvalue weighted by Gasteiger charge is 2.11. The fourth-order valence-corrected chi connectivity index (χ4v) is 1.71. The molecule has 0 unspecified atom stereocenters. The van der Waals surface area contributed by atoms with Crippen LogP contribution in [0.4, 0.5) is 5.69 Å². The first-order chi connectivity index (χ1) is 9.58. The Labute approximate surface area is 116 Å². The van der Waals surface area contributed by atoms with Crippen LogP contribution >= 0.6 is 0 Å². The molecule has 0 fully saturated rings. The summed E-state index contributed by atoms with van der Waals surface area (Å²) in [4.78, 5) is 23.6. The molecule has 0 aliphatic rings. The zero-order valence-electron chi connectivity index (χ0n) is 10.9. The topological polar surface area (TPSA) is 69.6 Å². The van der Waals surface area contributed by atoms with E-state index in [-0.39, 0.29) is 5.91 Å². The summed E-state index contributed by atoms with van der Waals surface area (Å²) < 4.78 is 0. The van der Waals surface area contributed by atoms with Gasteiger partial charge in [0.25, 0.3) is 11.8 Å². The number of hydroxylamine groups is 2. The zero-order valence-corrected chi connectivity index (χ0v) is 10.9. The van der Waals surface area contributed by atoms with Gasteiger partial charge in [0, 0.05) is 23.9 Å². The van der Waals surface area contributed by atoms with Crippen LogP contribution in [0.15, 0.2) is 54.6 Å². The Morgan fingerprint density at radius 3 is 2.30 bits per heavy atom. The normalized spacial score (nSPS) is 9.90. The molecule has 2 aromatic carbocycles. The van der Waals surface area contributed by atoms with Crippen molar-refractivity contribution in [3.8, 4) is 0 Å². The monoisotopic (exact) mass is 270 g/mol. The standard InChI is InChI=1S/C15H14N2O3/c1-17(20)15(19)12-8-5-9-13(10-12)16-14(18)11-6-3-2-4-7-11/h2-10,20H,1H3,(H,16,18). The zero-order chi connectivity index (χ0) is 14.5. The van der Waals surface area contributed by atoms with Crippen molar-refractivity contribution in [2.45, 2.75) is 0 Å². The van der Waals surface area contributed by atoms with Gasteiger partial charge in [-0.3, -0.25) is 14.8 Å². The first-order valence-corrected chi connectivity index (χ1v) is 6.01. The lowest BCUT2D eigenvalue weighted by molar-refractivity contribution is -0.0374. The number of nitrogens with one attached hydrogen (secondary N) is 1. The Morgan fingerprint density at radius 2 is 1.65 bits per heavy atom. The molecule has 0 spiro atoms. The van der Waals surface area contributed by atoms with Crippen molar-refractivity contribution in [1.82, 2.24) is 5.06 Å². The second-order valence-corrected chi connectivity index (χ2v) is 4.23. The summed E-state index contributed by atoms with van der Waals surface area (Å²) in [5.74, 6) is -0.798. The number of rotatable bonds is 3. The molecule has 2 rings (SSSR count). The molecule has 0 radical (unpaired) electrons. The maximum Gasteiger partial charge on any atom is 0.277 e. The summed E-state index contributed by atoms with van der Waals surface area (Å²) in [7, 11) is 1.25. The SMILES string of the molecule is CN(O)C(=O)c1cccc(NC(=O)c2ccccc2)c1. The number of benzene rings is 2. The molecule has 5 nitrogen and oxygen atoms in total. The van der Waals surface area contributed by atoms with E-state index >= 15 is 0 Å². The molecule has 5 heteroatoms. The first-order valence-electron chi connectivity index (χ1n) is 6.01. The number of hydrogen-bond donors (Lipinski definition) is 2. The van der Waals surface area contributed by atoms with Gasteiger partial charge in [0.2, 0.25) is 0 Å². The Balaban J connectivity index is 2.16. The van der Waals surface area contributed by atoms with Gasteiger partial charge in [0.05, 0.1) is 0 Å². The van der Waals surface area contributed by atoms with Crippen LogP contribution in [0.3, 0.4) is 0 Å². The fraction of sp³-hybridized carbons (Fsp3) is 0.0667. The molecular weight excluding hydrogens is 256 g/mol. The molecule has 20 heavy (non-hydrogen) atoms. The number of carbonyl (C=O) groups is 2. The predicted molar refractivity (Wildman–Crippen MR) is 74.7 cm³/mol.